The summed E-state index contributed by atoms with van der Waals surface area (Å²) in [5, 5.41) is 13.6. The Labute approximate surface area is 250 Å². The second-order valence-corrected chi connectivity index (χ2v) is 11.2. The van der Waals surface area contributed by atoms with E-state index in [0.29, 0.717) is 59.9 Å². The lowest BCUT2D eigenvalue weighted by Gasteiger charge is -2.34. The van der Waals surface area contributed by atoms with Gasteiger partial charge in [0.25, 0.3) is 11.8 Å². The molecule has 2 aliphatic heterocycles. The van der Waals surface area contributed by atoms with Crippen LogP contribution < -0.4 is 10.1 Å². The van der Waals surface area contributed by atoms with Gasteiger partial charge in [0.05, 0.1) is 22.2 Å². The lowest BCUT2D eigenvalue weighted by atomic mass is 10.2. The summed E-state index contributed by atoms with van der Waals surface area (Å²) in [6.45, 7) is 8.83. The number of nitrogens with one attached hydrogen (secondary N) is 1. The fraction of sp³-hybridized carbons (Fsp3) is 0.500. The van der Waals surface area contributed by atoms with Crippen molar-refractivity contribution in [3.63, 3.8) is 0 Å². The average molecular weight is 613 g/mol. The van der Waals surface area contributed by atoms with Crippen LogP contribution in [-0.4, -0.2) is 122 Å². The summed E-state index contributed by atoms with van der Waals surface area (Å²) in [7, 11) is 0. The number of hydrogen-bond donors (Lipinski definition) is 2. The van der Waals surface area contributed by atoms with Crippen LogP contribution in [0.25, 0.3) is 0 Å². The van der Waals surface area contributed by atoms with Crippen molar-refractivity contribution < 1.29 is 19.4 Å². The van der Waals surface area contributed by atoms with Crippen LogP contribution >= 0.6 is 34.8 Å². The van der Waals surface area contributed by atoms with Gasteiger partial charge in [0, 0.05) is 83.6 Å². The van der Waals surface area contributed by atoms with E-state index in [1.54, 1.807) is 23.1 Å². The van der Waals surface area contributed by atoms with Crippen molar-refractivity contribution in [3.8, 4) is 5.75 Å². The molecule has 2 aliphatic rings. The van der Waals surface area contributed by atoms with Crippen LogP contribution in [0.1, 0.15) is 15.9 Å². The molecule has 2 saturated heterocycles. The lowest BCUT2D eigenvalue weighted by Crippen LogP contribution is -2.50. The van der Waals surface area contributed by atoms with Gasteiger partial charge < -0.3 is 20.1 Å². The molecule has 2 fully saturated rings. The van der Waals surface area contributed by atoms with Crippen LogP contribution in [0.2, 0.25) is 15.1 Å². The number of halogens is 3. The van der Waals surface area contributed by atoms with Gasteiger partial charge in [0.2, 0.25) is 0 Å². The quantitative estimate of drug-likeness (QED) is 0.404. The fourth-order valence-corrected chi connectivity index (χ4v) is 5.37. The summed E-state index contributed by atoms with van der Waals surface area (Å²) >= 11 is 18.3. The predicted octanol–water partition coefficient (Wildman–Crippen LogP) is 2.71. The van der Waals surface area contributed by atoms with Crippen molar-refractivity contribution in [1.29, 1.82) is 0 Å². The standard InChI is InChI=1S/C28H36Cl3N5O4/c29-22-2-3-23(26(18-22)40-20-27(38)36-13-11-34(12-14-36)15-16-37)28(39)32-5-6-33-7-9-35(10-8-33)19-21-1-4-24(30)25(31)17-21/h1-4,17-18,37H,5-16,19-20H2,(H,32,39). The monoisotopic (exact) mass is 611 g/mol. The molecule has 218 valence electrons. The van der Waals surface area contributed by atoms with Crippen molar-refractivity contribution in [2.75, 3.05) is 85.2 Å². The molecule has 40 heavy (non-hydrogen) atoms. The van der Waals surface area contributed by atoms with E-state index in [0.717, 1.165) is 44.8 Å². The SMILES string of the molecule is O=C(NCCN1CCN(Cc2ccc(Cl)c(Cl)c2)CC1)c1ccc(Cl)cc1OCC(=O)N1CCN(CCO)CC1. The van der Waals surface area contributed by atoms with E-state index in [9.17, 15) is 9.59 Å². The summed E-state index contributed by atoms with van der Waals surface area (Å²) in [4.78, 5) is 34.2. The third-order valence-corrected chi connectivity index (χ3v) is 8.22. The number of ether oxygens (including phenoxy) is 1. The van der Waals surface area contributed by atoms with E-state index in [-0.39, 0.29) is 30.8 Å². The van der Waals surface area contributed by atoms with Gasteiger partial charge in [0.15, 0.2) is 6.61 Å². The summed E-state index contributed by atoms with van der Waals surface area (Å²) < 4.78 is 5.78. The van der Waals surface area contributed by atoms with Crippen molar-refractivity contribution in [3.05, 3.63) is 62.6 Å². The first-order valence-corrected chi connectivity index (χ1v) is 14.7. The van der Waals surface area contributed by atoms with Gasteiger partial charge in [-0.05, 0) is 35.9 Å². The first kappa shape index (κ1) is 30.8. The minimum Gasteiger partial charge on any atom is -0.483 e. The highest BCUT2D eigenvalue weighted by atomic mass is 35.5. The molecule has 12 heteroatoms. The van der Waals surface area contributed by atoms with E-state index < -0.39 is 0 Å². The fourth-order valence-electron chi connectivity index (χ4n) is 4.89. The van der Waals surface area contributed by atoms with Gasteiger partial charge >= 0.3 is 0 Å². The third kappa shape index (κ3) is 8.94. The molecule has 0 spiro atoms. The molecule has 2 aromatic rings. The number of hydrogen-bond acceptors (Lipinski definition) is 7. The van der Waals surface area contributed by atoms with Crippen LogP contribution in [0.4, 0.5) is 0 Å². The number of β-amino-alcohol motifs (C(OH)–C–C–N with tert-alkyl or cyclic N) is 1. The number of aliphatic hydroxyl groups excluding tert-OH is 1. The molecule has 2 amide bonds. The molecule has 0 radical (unpaired) electrons. The summed E-state index contributed by atoms with van der Waals surface area (Å²) in [6, 6.07) is 10.6. The van der Waals surface area contributed by atoms with E-state index in [4.69, 9.17) is 44.6 Å². The highest BCUT2D eigenvalue weighted by molar-refractivity contribution is 6.42. The van der Waals surface area contributed by atoms with E-state index in [1.807, 2.05) is 18.2 Å². The summed E-state index contributed by atoms with van der Waals surface area (Å²) in [5.41, 5.74) is 1.48. The minimum atomic E-state index is -0.269. The number of piperazine rings is 2. The van der Waals surface area contributed by atoms with Crippen molar-refractivity contribution in [2.24, 2.45) is 0 Å². The maximum atomic E-state index is 13.0. The van der Waals surface area contributed by atoms with Gasteiger partial charge in [-0.3, -0.25) is 24.3 Å². The summed E-state index contributed by atoms with van der Waals surface area (Å²) in [5.74, 6) is -0.128. The van der Waals surface area contributed by atoms with Crippen LogP contribution in [0.5, 0.6) is 5.75 Å². The summed E-state index contributed by atoms with van der Waals surface area (Å²) in [6.07, 6.45) is 0. The number of rotatable bonds is 11. The zero-order chi connectivity index (χ0) is 28.5. The Kier molecular flexibility index (Phi) is 11.7. The molecule has 2 heterocycles. The maximum Gasteiger partial charge on any atom is 0.260 e. The zero-order valence-corrected chi connectivity index (χ0v) is 24.7. The smallest absolute Gasteiger partial charge is 0.260 e. The molecule has 0 aliphatic carbocycles. The molecule has 9 nitrogen and oxygen atoms in total. The predicted molar refractivity (Wildman–Crippen MR) is 158 cm³/mol. The normalized spacial score (nSPS) is 17.1. The Hall–Kier alpha value is -2.11. The molecular formula is C28H36Cl3N5O4. The number of nitrogens with zero attached hydrogens (tertiary/aromatic N) is 4. The van der Waals surface area contributed by atoms with Gasteiger partial charge in [-0.2, -0.15) is 0 Å². The number of benzene rings is 2. The first-order chi connectivity index (χ1) is 19.3. The lowest BCUT2D eigenvalue weighted by molar-refractivity contribution is -0.135. The number of amides is 2. The van der Waals surface area contributed by atoms with Crippen LogP contribution in [0.3, 0.4) is 0 Å². The van der Waals surface area contributed by atoms with Gasteiger partial charge in [-0.25, -0.2) is 0 Å². The molecule has 4 rings (SSSR count). The van der Waals surface area contributed by atoms with E-state index in [2.05, 4.69) is 20.0 Å². The van der Waals surface area contributed by atoms with Gasteiger partial charge in [0.1, 0.15) is 5.75 Å². The Morgan fingerprint density at radius 2 is 1.50 bits per heavy atom. The van der Waals surface area contributed by atoms with Crippen molar-refractivity contribution in [2.45, 2.75) is 6.54 Å². The molecule has 0 atom stereocenters. The average Bonchev–Trinajstić information content (AvgIpc) is 2.95. The second kappa shape index (κ2) is 15.2. The third-order valence-electron chi connectivity index (χ3n) is 7.25. The first-order valence-electron chi connectivity index (χ1n) is 13.5. The Morgan fingerprint density at radius 1 is 0.825 bits per heavy atom. The number of aliphatic hydroxyl groups is 1. The van der Waals surface area contributed by atoms with Crippen LogP contribution in [0, 0.1) is 0 Å². The van der Waals surface area contributed by atoms with Gasteiger partial charge in [-0.1, -0.05) is 40.9 Å². The molecule has 0 aromatic heterocycles. The second-order valence-electron chi connectivity index (χ2n) is 10.00. The largest absolute Gasteiger partial charge is 0.483 e. The van der Waals surface area contributed by atoms with Crippen LogP contribution in [-0.2, 0) is 11.3 Å². The molecule has 2 aromatic carbocycles. The highest BCUT2D eigenvalue weighted by Gasteiger charge is 2.22. The van der Waals surface area contributed by atoms with Gasteiger partial charge in [-0.15, -0.1) is 0 Å². The zero-order valence-electron chi connectivity index (χ0n) is 22.5. The molecule has 0 saturated carbocycles. The highest BCUT2D eigenvalue weighted by Crippen LogP contribution is 2.25. The maximum absolute atomic E-state index is 13.0. The van der Waals surface area contributed by atoms with Crippen molar-refractivity contribution >= 4 is 46.6 Å². The Balaban J connectivity index is 1.20. The molecular weight excluding hydrogens is 577 g/mol. The topological polar surface area (TPSA) is 88.6 Å². The molecule has 0 unspecified atom stereocenters. The Morgan fingerprint density at radius 3 is 2.20 bits per heavy atom. The Bertz CT molecular complexity index is 1150. The number of carbonyl (C=O) groups is 2. The number of carbonyl (C=O) groups excluding carboxylic acids is 2. The van der Waals surface area contributed by atoms with E-state index in [1.165, 1.54) is 0 Å². The van der Waals surface area contributed by atoms with E-state index >= 15 is 0 Å². The molecule has 0 bridgehead atoms. The minimum absolute atomic E-state index is 0.106. The molecule has 2 N–H and O–H groups in total. The van der Waals surface area contributed by atoms with Crippen LogP contribution in [0.15, 0.2) is 36.4 Å². The van der Waals surface area contributed by atoms with Crippen molar-refractivity contribution in [1.82, 2.24) is 24.9 Å².